The molecule has 0 unspecified atom stereocenters. The number of pyridine rings is 1. The molecule has 0 saturated heterocycles. The van der Waals surface area contributed by atoms with Crippen LogP contribution in [-0.2, 0) is 0 Å². The predicted molar refractivity (Wildman–Crippen MR) is 95.3 cm³/mol. The van der Waals surface area contributed by atoms with E-state index < -0.39 is 0 Å². The van der Waals surface area contributed by atoms with Crippen molar-refractivity contribution in [3.63, 3.8) is 0 Å². The number of hydrogen-bond donors (Lipinski definition) is 0. The highest BCUT2D eigenvalue weighted by Crippen LogP contribution is 2.30. The highest BCUT2D eigenvalue weighted by Gasteiger charge is 2.15. The van der Waals surface area contributed by atoms with Crippen molar-refractivity contribution in [3.05, 3.63) is 70.2 Å². The van der Waals surface area contributed by atoms with Gasteiger partial charge in [0, 0.05) is 4.47 Å². The van der Waals surface area contributed by atoms with E-state index in [0.29, 0.717) is 11.2 Å². The number of rotatable bonds is 1. The second-order valence-corrected chi connectivity index (χ2v) is 6.38. The van der Waals surface area contributed by atoms with Crippen LogP contribution in [0, 0.1) is 18.3 Å². The van der Waals surface area contributed by atoms with Crippen LogP contribution in [0.1, 0.15) is 11.1 Å². The van der Waals surface area contributed by atoms with E-state index in [1.807, 2.05) is 43.3 Å². The number of nitriles is 1. The van der Waals surface area contributed by atoms with Gasteiger partial charge in [0.1, 0.15) is 6.07 Å². The molecular formula is C19H12BrN3. The molecule has 2 aromatic carbocycles. The monoisotopic (exact) mass is 361 g/mol. The Balaban J connectivity index is 2.20. The minimum Gasteiger partial charge on any atom is -0.291 e. The number of imidazole rings is 1. The third-order valence-electron chi connectivity index (χ3n) is 4.02. The van der Waals surface area contributed by atoms with E-state index in [9.17, 15) is 5.26 Å². The van der Waals surface area contributed by atoms with Crippen LogP contribution in [0.3, 0.4) is 0 Å². The average Bonchev–Trinajstić information content (AvgIpc) is 2.94. The van der Waals surface area contributed by atoms with Crippen molar-refractivity contribution in [2.75, 3.05) is 0 Å². The lowest BCUT2D eigenvalue weighted by molar-refractivity contribution is 1.19. The van der Waals surface area contributed by atoms with Gasteiger partial charge in [-0.2, -0.15) is 5.26 Å². The fourth-order valence-corrected chi connectivity index (χ4v) is 3.19. The van der Waals surface area contributed by atoms with Crippen LogP contribution >= 0.6 is 15.9 Å². The highest BCUT2D eigenvalue weighted by molar-refractivity contribution is 9.10. The number of fused-ring (bicyclic) bond motifs is 3. The standard InChI is InChI=1S/C19H12BrN3/c1-12-10-18(13-6-8-14(20)9-7-13)23-17-5-3-2-4-16(17)22-19(23)15(12)11-21/h2-10H,1H3. The molecule has 4 aromatic rings. The normalized spacial score (nSPS) is 11.0. The molecule has 0 aliphatic carbocycles. The number of para-hydroxylation sites is 2. The molecule has 0 aliphatic rings. The van der Waals surface area contributed by atoms with Crippen LogP contribution in [-0.4, -0.2) is 9.38 Å². The quantitative estimate of drug-likeness (QED) is 0.473. The van der Waals surface area contributed by atoms with E-state index in [2.05, 4.69) is 49.6 Å². The number of aromatic nitrogens is 2. The van der Waals surface area contributed by atoms with Gasteiger partial charge in [-0.15, -0.1) is 0 Å². The van der Waals surface area contributed by atoms with Crippen LogP contribution in [0.15, 0.2) is 59.1 Å². The zero-order valence-corrected chi connectivity index (χ0v) is 14.0. The molecule has 0 bridgehead atoms. The van der Waals surface area contributed by atoms with Gasteiger partial charge in [0.15, 0.2) is 5.65 Å². The van der Waals surface area contributed by atoms with E-state index in [1.165, 1.54) is 0 Å². The third kappa shape index (κ3) is 2.13. The van der Waals surface area contributed by atoms with E-state index in [1.54, 1.807) is 0 Å². The summed E-state index contributed by atoms with van der Waals surface area (Å²) < 4.78 is 3.11. The largest absolute Gasteiger partial charge is 0.291 e. The number of halogens is 1. The van der Waals surface area contributed by atoms with Crippen molar-refractivity contribution in [1.82, 2.24) is 9.38 Å². The van der Waals surface area contributed by atoms with Crippen LogP contribution in [0.25, 0.3) is 27.9 Å². The lowest BCUT2D eigenvalue weighted by Crippen LogP contribution is -1.97. The molecule has 0 fully saturated rings. The van der Waals surface area contributed by atoms with Gasteiger partial charge in [-0.3, -0.25) is 4.40 Å². The first kappa shape index (κ1) is 14.0. The van der Waals surface area contributed by atoms with Gasteiger partial charge in [0.25, 0.3) is 0 Å². The van der Waals surface area contributed by atoms with Crippen molar-refractivity contribution in [3.8, 4) is 17.3 Å². The van der Waals surface area contributed by atoms with E-state index in [-0.39, 0.29) is 0 Å². The predicted octanol–water partition coefficient (Wildman–Crippen LogP) is 5.10. The Morgan fingerprint density at radius 3 is 2.57 bits per heavy atom. The Morgan fingerprint density at radius 1 is 1.09 bits per heavy atom. The van der Waals surface area contributed by atoms with Gasteiger partial charge in [0.2, 0.25) is 0 Å². The van der Waals surface area contributed by atoms with Crippen molar-refractivity contribution >= 4 is 32.6 Å². The zero-order valence-electron chi connectivity index (χ0n) is 12.4. The molecule has 23 heavy (non-hydrogen) atoms. The summed E-state index contributed by atoms with van der Waals surface area (Å²) in [4.78, 5) is 4.68. The van der Waals surface area contributed by atoms with Gasteiger partial charge < -0.3 is 0 Å². The molecule has 0 aliphatic heterocycles. The van der Waals surface area contributed by atoms with Crippen LogP contribution < -0.4 is 0 Å². The second kappa shape index (κ2) is 5.22. The fourth-order valence-electron chi connectivity index (χ4n) is 2.93. The Morgan fingerprint density at radius 2 is 1.83 bits per heavy atom. The fraction of sp³-hybridized carbons (Fsp3) is 0.0526. The van der Waals surface area contributed by atoms with E-state index >= 15 is 0 Å². The number of nitrogens with zero attached hydrogens (tertiary/aromatic N) is 3. The van der Waals surface area contributed by atoms with Gasteiger partial charge in [-0.1, -0.05) is 40.2 Å². The zero-order chi connectivity index (χ0) is 16.0. The summed E-state index contributed by atoms with van der Waals surface area (Å²) in [7, 11) is 0. The minimum atomic E-state index is 0.627. The molecule has 0 spiro atoms. The molecule has 3 nitrogen and oxygen atoms in total. The lowest BCUT2D eigenvalue weighted by Gasteiger charge is -2.10. The van der Waals surface area contributed by atoms with E-state index in [4.69, 9.17) is 0 Å². The Hall–Kier alpha value is -2.64. The van der Waals surface area contributed by atoms with Gasteiger partial charge >= 0.3 is 0 Å². The van der Waals surface area contributed by atoms with Gasteiger partial charge in [-0.25, -0.2) is 4.98 Å². The first-order valence-corrected chi connectivity index (χ1v) is 8.05. The maximum absolute atomic E-state index is 9.53. The Kier molecular flexibility index (Phi) is 3.17. The van der Waals surface area contributed by atoms with E-state index in [0.717, 1.165) is 32.3 Å². The molecule has 110 valence electrons. The molecule has 0 atom stereocenters. The summed E-state index contributed by atoms with van der Waals surface area (Å²) in [5.41, 5.74) is 6.32. The number of aryl methyl sites for hydroxylation is 1. The van der Waals surface area contributed by atoms with Crippen molar-refractivity contribution in [1.29, 1.82) is 5.26 Å². The van der Waals surface area contributed by atoms with Crippen LogP contribution in [0.5, 0.6) is 0 Å². The molecule has 0 saturated carbocycles. The minimum absolute atomic E-state index is 0.627. The molecule has 2 heterocycles. The third-order valence-corrected chi connectivity index (χ3v) is 4.55. The van der Waals surface area contributed by atoms with Crippen molar-refractivity contribution in [2.45, 2.75) is 6.92 Å². The number of benzene rings is 2. The Labute approximate surface area is 141 Å². The first-order valence-electron chi connectivity index (χ1n) is 7.26. The van der Waals surface area contributed by atoms with Gasteiger partial charge in [-0.05, 0) is 48.4 Å². The van der Waals surface area contributed by atoms with Crippen LogP contribution in [0.4, 0.5) is 0 Å². The Bertz CT molecular complexity index is 1090. The SMILES string of the molecule is Cc1cc(-c2ccc(Br)cc2)n2c(nc3ccccc32)c1C#N. The van der Waals surface area contributed by atoms with Crippen LogP contribution in [0.2, 0.25) is 0 Å². The molecule has 4 heteroatoms. The highest BCUT2D eigenvalue weighted by atomic mass is 79.9. The topological polar surface area (TPSA) is 41.1 Å². The molecule has 2 aromatic heterocycles. The molecular weight excluding hydrogens is 350 g/mol. The smallest absolute Gasteiger partial charge is 0.156 e. The lowest BCUT2D eigenvalue weighted by atomic mass is 10.1. The summed E-state index contributed by atoms with van der Waals surface area (Å²) in [5, 5.41) is 9.53. The molecule has 0 N–H and O–H groups in total. The molecule has 4 rings (SSSR count). The summed E-state index contributed by atoms with van der Waals surface area (Å²) in [6.45, 7) is 1.96. The number of hydrogen-bond acceptors (Lipinski definition) is 2. The summed E-state index contributed by atoms with van der Waals surface area (Å²) in [5.74, 6) is 0. The maximum atomic E-state index is 9.53. The summed E-state index contributed by atoms with van der Waals surface area (Å²) in [6, 6.07) is 20.5. The molecule has 0 amide bonds. The second-order valence-electron chi connectivity index (χ2n) is 5.47. The van der Waals surface area contributed by atoms with Crippen molar-refractivity contribution < 1.29 is 0 Å². The van der Waals surface area contributed by atoms with Crippen molar-refractivity contribution in [2.24, 2.45) is 0 Å². The molecule has 0 radical (unpaired) electrons. The summed E-state index contributed by atoms with van der Waals surface area (Å²) >= 11 is 3.48. The summed E-state index contributed by atoms with van der Waals surface area (Å²) in [6.07, 6.45) is 0. The van der Waals surface area contributed by atoms with Gasteiger partial charge in [0.05, 0.1) is 22.3 Å². The average molecular weight is 362 g/mol. The maximum Gasteiger partial charge on any atom is 0.156 e. The first-order chi connectivity index (χ1) is 11.2.